The Morgan fingerprint density at radius 1 is 1.31 bits per heavy atom. The molecule has 88 valence electrons. The molecule has 0 heterocycles. The van der Waals surface area contributed by atoms with E-state index in [1.165, 1.54) is 7.11 Å². The molecule has 16 heavy (non-hydrogen) atoms. The number of carbonyl (C=O) groups excluding carboxylic acids is 1. The quantitative estimate of drug-likeness (QED) is 0.769. The monoisotopic (exact) mass is 222 g/mol. The van der Waals surface area contributed by atoms with Gasteiger partial charge in [0.05, 0.1) is 13.0 Å². The van der Waals surface area contributed by atoms with E-state index in [4.69, 9.17) is 5.11 Å². The van der Waals surface area contributed by atoms with Gasteiger partial charge in [-0.05, 0) is 24.0 Å². The fourth-order valence-electron chi connectivity index (χ4n) is 1.61. The van der Waals surface area contributed by atoms with Crippen molar-refractivity contribution in [2.75, 3.05) is 13.7 Å². The summed E-state index contributed by atoms with van der Waals surface area (Å²) in [4.78, 5) is 11.2. The van der Waals surface area contributed by atoms with E-state index >= 15 is 0 Å². The summed E-state index contributed by atoms with van der Waals surface area (Å²) in [5.41, 5.74) is 2.22. The van der Waals surface area contributed by atoms with Crippen LogP contribution in [0.15, 0.2) is 24.3 Å². The summed E-state index contributed by atoms with van der Waals surface area (Å²) in [5.74, 6) is -0.298. The zero-order valence-corrected chi connectivity index (χ0v) is 9.77. The average molecular weight is 222 g/mol. The topological polar surface area (TPSA) is 46.5 Å². The number of hydrogen-bond acceptors (Lipinski definition) is 3. The number of carbonyl (C=O) groups is 1. The van der Waals surface area contributed by atoms with Gasteiger partial charge in [-0.25, -0.2) is 0 Å². The molecule has 3 heteroatoms. The first-order valence-electron chi connectivity index (χ1n) is 5.44. The average Bonchev–Trinajstić information content (AvgIpc) is 2.31. The van der Waals surface area contributed by atoms with Gasteiger partial charge >= 0.3 is 5.97 Å². The Balaban J connectivity index is 2.58. The van der Waals surface area contributed by atoms with Crippen molar-refractivity contribution >= 4 is 5.97 Å². The Labute approximate surface area is 96.1 Å². The third kappa shape index (κ3) is 3.66. The first-order valence-corrected chi connectivity index (χ1v) is 5.44. The van der Waals surface area contributed by atoms with Gasteiger partial charge in [-0.15, -0.1) is 0 Å². The van der Waals surface area contributed by atoms with Gasteiger partial charge in [0.25, 0.3) is 0 Å². The fraction of sp³-hybridized carbons (Fsp3) is 0.462. The summed E-state index contributed by atoms with van der Waals surface area (Å²) < 4.78 is 4.67. The van der Waals surface area contributed by atoms with Crippen LogP contribution in [0, 0.1) is 5.92 Å². The minimum Gasteiger partial charge on any atom is -0.469 e. The number of benzene rings is 1. The summed E-state index contributed by atoms with van der Waals surface area (Å²) in [6.45, 7) is 2.02. The summed E-state index contributed by atoms with van der Waals surface area (Å²) in [5, 5.41) is 8.78. The van der Waals surface area contributed by atoms with Crippen LogP contribution in [0.1, 0.15) is 18.1 Å². The van der Waals surface area contributed by atoms with Gasteiger partial charge in [0.15, 0.2) is 0 Å². The second-order valence-corrected chi connectivity index (χ2v) is 3.92. The lowest BCUT2D eigenvalue weighted by Crippen LogP contribution is -2.15. The lowest BCUT2D eigenvalue weighted by atomic mass is 10.00. The molecule has 1 atom stereocenters. The van der Waals surface area contributed by atoms with E-state index in [2.05, 4.69) is 4.74 Å². The first-order chi connectivity index (χ1) is 7.67. The van der Waals surface area contributed by atoms with E-state index in [-0.39, 0.29) is 18.5 Å². The zero-order valence-electron chi connectivity index (χ0n) is 9.77. The minimum absolute atomic E-state index is 0.117. The summed E-state index contributed by atoms with van der Waals surface area (Å²) in [6.07, 6.45) is 1.36. The zero-order chi connectivity index (χ0) is 12.0. The highest BCUT2D eigenvalue weighted by molar-refractivity contribution is 5.72. The second kappa shape index (κ2) is 6.28. The molecule has 0 aliphatic heterocycles. The van der Waals surface area contributed by atoms with Crippen molar-refractivity contribution in [3.63, 3.8) is 0 Å². The molecule has 0 saturated carbocycles. The van der Waals surface area contributed by atoms with E-state index < -0.39 is 0 Å². The van der Waals surface area contributed by atoms with Crippen LogP contribution >= 0.6 is 0 Å². The Hall–Kier alpha value is -1.35. The van der Waals surface area contributed by atoms with Gasteiger partial charge in [0.1, 0.15) is 0 Å². The van der Waals surface area contributed by atoms with E-state index in [0.29, 0.717) is 12.8 Å². The van der Waals surface area contributed by atoms with Crippen molar-refractivity contribution in [1.82, 2.24) is 0 Å². The molecular formula is C13H18O3. The molecule has 0 fully saturated rings. The van der Waals surface area contributed by atoms with Gasteiger partial charge in [-0.1, -0.05) is 31.2 Å². The van der Waals surface area contributed by atoms with Crippen molar-refractivity contribution in [2.24, 2.45) is 5.92 Å². The summed E-state index contributed by atoms with van der Waals surface area (Å²) >= 11 is 0. The van der Waals surface area contributed by atoms with Crippen molar-refractivity contribution in [3.8, 4) is 0 Å². The number of rotatable bonds is 5. The smallest absolute Gasteiger partial charge is 0.308 e. The summed E-state index contributed by atoms with van der Waals surface area (Å²) in [7, 11) is 1.41. The van der Waals surface area contributed by atoms with Crippen molar-refractivity contribution in [1.29, 1.82) is 0 Å². The maximum Gasteiger partial charge on any atom is 0.308 e. The lowest BCUT2D eigenvalue weighted by molar-refractivity contribution is -0.144. The molecule has 0 unspecified atom stereocenters. The molecule has 1 aromatic rings. The van der Waals surface area contributed by atoms with Crippen LogP contribution in [0.25, 0.3) is 0 Å². The number of methoxy groups -OCH3 is 1. The van der Waals surface area contributed by atoms with Crippen molar-refractivity contribution < 1.29 is 14.6 Å². The van der Waals surface area contributed by atoms with Crippen LogP contribution in [-0.2, 0) is 22.4 Å². The molecule has 0 amide bonds. The molecule has 0 saturated heterocycles. The lowest BCUT2D eigenvalue weighted by Gasteiger charge is -2.09. The number of aliphatic hydroxyl groups is 1. The van der Waals surface area contributed by atoms with E-state index in [1.54, 1.807) is 0 Å². The van der Waals surface area contributed by atoms with Gasteiger partial charge < -0.3 is 9.84 Å². The molecule has 0 radical (unpaired) electrons. The number of esters is 1. The van der Waals surface area contributed by atoms with Gasteiger partial charge in [0.2, 0.25) is 0 Å². The van der Waals surface area contributed by atoms with Crippen LogP contribution < -0.4 is 0 Å². The first kappa shape index (κ1) is 12.7. The number of hydrogen-bond donors (Lipinski definition) is 1. The van der Waals surface area contributed by atoms with Gasteiger partial charge in [-0.2, -0.15) is 0 Å². The fourth-order valence-corrected chi connectivity index (χ4v) is 1.61. The van der Waals surface area contributed by atoms with Crippen LogP contribution in [0.5, 0.6) is 0 Å². The standard InChI is InChI=1S/C13H18O3/c1-10(13(15)16-2)9-12-5-3-11(4-6-12)7-8-14/h3-6,10,14H,7-9H2,1-2H3/t10-/m0/s1. The minimum atomic E-state index is -0.181. The van der Waals surface area contributed by atoms with Crippen LogP contribution in [-0.4, -0.2) is 24.8 Å². The Bertz CT molecular complexity index is 330. The van der Waals surface area contributed by atoms with Crippen LogP contribution in [0.3, 0.4) is 0 Å². The largest absolute Gasteiger partial charge is 0.469 e. The molecule has 1 N–H and O–H groups in total. The molecule has 0 aliphatic rings. The predicted octanol–water partition coefficient (Wildman–Crippen LogP) is 1.57. The number of ether oxygens (including phenoxy) is 1. The van der Waals surface area contributed by atoms with E-state index in [0.717, 1.165) is 11.1 Å². The Kier molecular flexibility index (Phi) is 4.99. The SMILES string of the molecule is COC(=O)[C@@H](C)Cc1ccc(CCO)cc1. The number of aliphatic hydroxyl groups excluding tert-OH is 1. The maximum absolute atomic E-state index is 11.2. The van der Waals surface area contributed by atoms with Crippen molar-refractivity contribution in [2.45, 2.75) is 19.8 Å². The molecule has 0 spiro atoms. The van der Waals surface area contributed by atoms with Gasteiger partial charge in [0, 0.05) is 6.61 Å². The predicted molar refractivity (Wildman–Crippen MR) is 62.1 cm³/mol. The Morgan fingerprint density at radius 2 is 1.88 bits per heavy atom. The van der Waals surface area contributed by atoms with E-state index in [9.17, 15) is 4.79 Å². The van der Waals surface area contributed by atoms with Gasteiger partial charge in [-0.3, -0.25) is 4.79 Å². The highest BCUT2D eigenvalue weighted by Crippen LogP contribution is 2.11. The highest BCUT2D eigenvalue weighted by Gasteiger charge is 2.13. The molecule has 0 bridgehead atoms. The third-order valence-electron chi connectivity index (χ3n) is 2.57. The molecule has 0 aromatic heterocycles. The maximum atomic E-state index is 11.2. The molecule has 1 aromatic carbocycles. The highest BCUT2D eigenvalue weighted by atomic mass is 16.5. The normalized spacial score (nSPS) is 12.2. The molecule has 1 rings (SSSR count). The molecule has 3 nitrogen and oxygen atoms in total. The Morgan fingerprint density at radius 3 is 2.38 bits per heavy atom. The molecular weight excluding hydrogens is 204 g/mol. The van der Waals surface area contributed by atoms with Crippen LogP contribution in [0.2, 0.25) is 0 Å². The second-order valence-electron chi connectivity index (χ2n) is 3.92. The van der Waals surface area contributed by atoms with Crippen molar-refractivity contribution in [3.05, 3.63) is 35.4 Å². The molecule has 0 aliphatic carbocycles. The van der Waals surface area contributed by atoms with Crippen LogP contribution in [0.4, 0.5) is 0 Å². The van der Waals surface area contributed by atoms with E-state index in [1.807, 2.05) is 31.2 Å². The third-order valence-corrected chi connectivity index (χ3v) is 2.57. The summed E-state index contributed by atoms with van der Waals surface area (Å²) in [6, 6.07) is 7.94.